The molecule has 0 amide bonds. The number of halogens is 2. The molecular weight excluding hydrogens is 469 g/mol. The largest absolute Gasteiger partial charge is 0.349 e. The fourth-order valence-electron chi connectivity index (χ4n) is 4.70. The number of likely N-dealkylation sites (tertiary alicyclic amines) is 1. The van der Waals surface area contributed by atoms with Gasteiger partial charge in [0.25, 0.3) is 0 Å². The Balaban J connectivity index is 1.68. The van der Waals surface area contributed by atoms with Crippen molar-refractivity contribution >= 4 is 34.8 Å². The summed E-state index contributed by atoms with van der Waals surface area (Å²) in [5.74, 6) is 0.712. The number of hydrogen-bond acceptors (Lipinski definition) is 6. The van der Waals surface area contributed by atoms with Crippen molar-refractivity contribution in [3.63, 3.8) is 0 Å². The molecule has 1 atom stereocenters. The van der Waals surface area contributed by atoms with Crippen molar-refractivity contribution in [1.29, 1.82) is 0 Å². The van der Waals surface area contributed by atoms with Gasteiger partial charge in [-0.1, -0.05) is 29.3 Å². The maximum atomic E-state index is 6.38. The Morgan fingerprint density at radius 3 is 2.59 bits per heavy atom. The Kier molecular flexibility index (Phi) is 6.18. The van der Waals surface area contributed by atoms with E-state index in [4.69, 9.17) is 28.2 Å². The van der Waals surface area contributed by atoms with Crippen molar-refractivity contribution in [1.82, 2.24) is 29.5 Å². The molecule has 3 aromatic heterocycles. The topological polar surface area (TPSA) is 71.2 Å². The van der Waals surface area contributed by atoms with Gasteiger partial charge in [-0.25, -0.2) is 4.98 Å². The van der Waals surface area contributed by atoms with Gasteiger partial charge in [0.2, 0.25) is 5.95 Å². The molecule has 1 unspecified atom stereocenters. The van der Waals surface area contributed by atoms with Gasteiger partial charge in [0.1, 0.15) is 6.33 Å². The summed E-state index contributed by atoms with van der Waals surface area (Å²) in [5, 5.41) is 13.4. The standard InChI is InChI=1S/C25H27Cl2N7/c1-16(2)33-12-4-9-25(3,14-33)31-24-30-22(17-7-10-28-11-8-17)21(23-32-29-15-34(23)24)18-5-6-19(26)20(27)13-18/h5-8,10-11,13,15-16H,4,9,12,14H2,1-3H3,(H,30,31). The second-order valence-electron chi connectivity index (χ2n) is 9.40. The van der Waals surface area contributed by atoms with Crippen molar-refractivity contribution in [2.75, 3.05) is 18.4 Å². The summed E-state index contributed by atoms with van der Waals surface area (Å²) >= 11 is 12.6. The predicted molar refractivity (Wildman–Crippen MR) is 137 cm³/mol. The molecule has 4 heterocycles. The van der Waals surface area contributed by atoms with E-state index < -0.39 is 0 Å². The lowest BCUT2D eigenvalue weighted by atomic mass is 9.90. The molecule has 1 aliphatic rings. The van der Waals surface area contributed by atoms with Gasteiger partial charge in [-0.2, -0.15) is 0 Å². The minimum absolute atomic E-state index is 0.132. The fourth-order valence-corrected chi connectivity index (χ4v) is 5.00. The number of benzene rings is 1. The third-order valence-corrected chi connectivity index (χ3v) is 7.22. The van der Waals surface area contributed by atoms with Gasteiger partial charge < -0.3 is 5.32 Å². The number of pyridine rings is 1. The van der Waals surface area contributed by atoms with Gasteiger partial charge in [-0.3, -0.25) is 14.3 Å². The first-order chi connectivity index (χ1) is 16.3. The number of hydrogen-bond donors (Lipinski definition) is 1. The first kappa shape index (κ1) is 23.0. The summed E-state index contributed by atoms with van der Waals surface area (Å²) in [6.45, 7) is 8.81. The number of piperidine rings is 1. The first-order valence-corrected chi connectivity index (χ1v) is 12.2. The highest BCUT2D eigenvalue weighted by Gasteiger charge is 2.33. The van der Waals surface area contributed by atoms with Gasteiger partial charge in [0, 0.05) is 30.5 Å². The lowest BCUT2D eigenvalue weighted by Gasteiger charge is -2.43. The molecule has 1 N–H and O–H groups in total. The molecule has 7 nitrogen and oxygen atoms in total. The number of aromatic nitrogens is 5. The normalized spacial score (nSPS) is 19.1. The molecule has 5 rings (SSSR count). The molecule has 0 saturated carbocycles. The zero-order valence-corrected chi connectivity index (χ0v) is 21.0. The van der Waals surface area contributed by atoms with Crippen LogP contribution >= 0.6 is 23.2 Å². The molecule has 34 heavy (non-hydrogen) atoms. The summed E-state index contributed by atoms with van der Waals surface area (Å²) < 4.78 is 1.92. The molecule has 0 radical (unpaired) electrons. The maximum Gasteiger partial charge on any atom is 0.211 e. The number of anilines is 1. The van der Waals surface area contributed by atoms with Gasteiger partial charge >= 0.3 is 0 Å². The highest BCUT2D eigenvalue weighted by Crippen LogP contribution is 2.38. The number of nitrogens with one attached hydrogen (secondary N) is 1. The second-order valence-corrected chi connectivity index (χ2v) is 10.2. The second kappa shape index (κ2) is 9.13. The van der Waals surface area contributed by atoms with Crippen LogP contribution in [0.4, 0.5) is 5.95 Å². The average molecular weight is 496 g/mol. The van der Waals surface area contributed by atoms with Crippen molar-refractivity contribution in [3.05, 3.63) is 59.1 Å². The van der Waals surface area contributed by atoms with Crippen LogP contribution < -0.4 is 5.32 Å². The molecule has 1 saturated heterocycles. The number of rotatable bonds is 5. The van der Waals surface area contributed by atoms with Crippen LogP contribution in [-0.2, 0) is 0 Å². The lowest BCUT2D eigenvalue weighted by molar-refractivity contribution is 0.137. The third kappa shape index (κ3) is 4.35. The van der Waals surface area contributed by atoms with Crippen LogP contribution in [0.5, 0.6) is 0 Å². The molecule has 1 fully saturated rings. The van der Waals surface area contributed by atoms with Crippen LogP contribution in [0.25, 0.3) is 28.0 Å². The first-order valence-electron chi connectivity index (χ1n) is 11.5. The molecule has 1 aromatic carbocycles. The summed E-state index contributed by atoms with van der Waals surface area (Å²) in [4.78, 5) is 11.8. The Morgan fingerprint density at radius 1 is 1.06 bits per heavy atom. The maximum absolute atomic E-state index is 6.38. The van der Waals surface area contributed by atoms with Crippen LogP contribution in [-0.4, -0.2) is 54.1 Å². The van der Waals surface area contributed by atoms with Gasteiger partial charge in [0.15, 0.2) is 5.65 Å². The van der Waals surface area contributed by atoms with E-state index in [1.807, 2.05) is 28.7 Å². The molecule has 176 valence electrons. The zero-order valence-electron chi connectivity index (χ0n) is 19.5. The fraction of sp³-hybridized carbons (Fsp3) is 0.360. The van der Waals surface area contributed by atoms with Gasteiger partial charge in [0.05, 0.1) is 26.8 Å². The van der Waals surface area contributed by atoms with E-state index in [0.29, 0.717) is 27.7 Å². The number of fused-ring (bicyclic) bond motifs is 1. The van der Waals surface area contributed by atoms with Crippen LogP contribution in [0.1, 0.15) is 33.6 Å². The SMILES string of the molecule is CC(C)N1CCCC(C)(Nc2nc(-c3ccncc3)c(-c3ccc(Cl)c(Cl)c3)c3nncn23)C1. The van der Waals surface area contributed by atoms with E-state index in [1.165, 1.54) is 0 Å². The summed E-state index contributed by atoms with van der Waals surface area (Å²) in [6.07, 6.45) is 7.42. The Bertz CT molecular complexity index is 1320. The van der Waals surface area contributed by atoms with Crippen molar-refractivity contribution < 1.29 is 0 Å². The summed E-state index contributed by atoms with van der Waals surface area (Å²) in [7, 11) is 0. The van der Waals surface area contributed by atoms with E-state index >= 15 is 0 Å². The van der Waals surface area contributed by atoms with E-state index in [9.17, 15) is 0 Å². The Hall–Kier alpha value is -2.74. The molecule has 4 aromatic rings. The van der Waals surface area contributed by atoms with Crippen molar-refractivity contribution in [2.45, 2.75) is 45.2 Å². The summed E-state index contributed by atoms with van der Waals surface area (Å²) in [6, 6.07) is 9.95. The third-order valence-electron chi connectivity index (χ3n) is 6.49. The van der Waals surface area contributed by atoms with Crippen LogP contribution in [0, 0.1) is 0 Å². The zero-order chi connectivity index (χ0) is 23.9. The van der Waals surface area contributed by atoms with Crippen LogP contribution in [0.15, 0.2) is 49.1 Å². The van der Waals surface area contributed by atoms with E-state index in [2.05, 4.69) is 46.2 Å². The Labute approximate surface area is 209 Å². The average Bonchev–Trinajstić information content (AvgIpc) is 3.31. The molecular formula is C25H27Cl2N7. The van der Waals surface area contributed by atoms with Crippen molar-refractivity contribution in [3.8, 4) is 22.4 Å². The molecule has 0 aliphatic carbocycles. The van der Waals surface area contributed by atoms with E-state index in [1.54, 1.807) is 24.8 Å². The lowest BCUT2D eigenvalue weighted by Crippen LogP contribution is -2.53. The highest BCUT2D eigenvalue weighted by molar-refractivity contribution is 6.42. The smallest absolute Gasteiger partial charge is 0.211 e. The van der Waals surface area contributed by atoms with E-state index in [0.717, 1.165) is 48.3 Å². The van der Waals surface area contributed by atoms with E-state index in [-0.39, 0.29) is 5.54 Å². The summed E-state index contributed by atoms with van der Waals surface area (Å²) in [5.41, 5.74) is 3.99. The highest BCUT2D eigenvalue weighted by atomic mass is 35.5. The molecule has 1 aliphatic heterocycles. The predicted octanol–water partition coefficient (Wildman–Crippen LogP) is 5.83. The van der Waals surface area contributed by atoms with Crippen molar-refractivity contribution in [2.24, 2.45) is 0 Å². The minimum Gasteiger partial charge on any atom is -0.349 e. The van der Waals surface area contributed by atoms with Gasteiger partial charge in [-0.15, -0.1) is 10.2 Å². The number of nitrogens with zero attached hydrogens (tertiary/aromatic N) is 6. The Morgan fingerprint density at radius 2 is 1.85 bits per heavy atom. The minimum atomic E-state index is -0.132. The van der Waals surface area contributed by atoms with Crippen LogP contribution in [0.3, 0.4) is 0 Å². The molecule has 0 bridgehead atoms. The van der Waals surface area contributed by atoms with Crippen LogP contribution in [0.2, 0.25) is 10.0 Å². The monoisotopic (exact) mass is 495 g/mol. The quantitative estimate of drug-likeness (QED) is 0.375. The molecule has 9 heteroatoms. The molecule has 0 spiro atoms. The van der Waals surface area contributed by atoms with Gasteiger partial charge in [-0.05, 0) is 70.0 Å².